The highest BCUT2D eigenvalue weighted by Gasteiger charge is 2.24. The van der Waals surface area contributed by atoms with E-state index < -0.39 is 0 Å². The highest BCUT2D eigenvalue weighted by molar-refractivity contribution is 6.34. The van der Waals surface area contributed by atoms with Crippen LogP contribution in [0, 0.1) is 0 Å². The maximum Gasteiger partial charge on any atom is 0.255 e. The van der Waals surface area contributed by atoms with E-state index in [-0.39, 0.29) is 11.8 Å². The summed E-state index contributed by atoms with van der Waals surface area (Å²) < 4.78 is 0. The van der Waals surface area contributed by atoms with Crippen LogP contribution in [0.15, 0.2) is 54.7 Å². The average Bonchev–Trinajstić information content (AvgIpc) is 3.08. The molecule has 0 unspecified atom stereocenters. The first-order valence-corrected chi connectivity index (χ1v) is 8.76. The minimum atomic E-state index is -0.271. The van der Waals surface area contributed by atoms with E-state index in [9.17, 15) is 9.59 Å². The number of benzene rings is 2. The van der Waals surface area contributed by atoms with Gasteiger partial charge in [0.1, 0.15) is 0 Å². The first-order valence-electron chi connectivity index (χ1n) is 8.38. The van der Waals surface area contributed by atoms with Crippen LogP contribution in [0.3, 0.4) is 0 Å². The number of fused-ring (bicyclic) bond motifs is 1. The summed E-state index contributed by atoms with van der Waals surface area (Å²) in [7, 11) is 0. The summed E-state index contributed by atoms with van der Waals surface area (Å²) in [6, 6.07) is 14.4. The third-order valence-electron chi connectivity index (χ3n) is 4.45. The van der Waals surface area contributed by atoms with Gasteiger partial charge in [-0.25, -0.2) is 0 Å². The van der Waals surface area contributed by atoms with Gasteiger partial charge in [0.2, 0.25) is 5.91 Å². The number of aromatic nitrogens is 1. The molecule has 0 radical (unpaired) electrons. The number of hydrogen-bond acceptors (Lipinski definition) is 3. The van der Waals surface area contributed by atoms with Gasteiger partial charge >= 0.3 is 0 Å². The Morgan fingerprint density at radius 2 is 2.00 bits per heavy atom. The summed E-state index contributed by atoms with van der Waals surface area (Å²) in [5.41, 5.74) is 2.39. The Balaban J connectivity index is 1.65. The van der Waals surface area contributed by atoms with Crippen molar-refractivity contribution in [1.29, 1.82) is 0 Å². The summed E-state index contributed by atoms with van der Waals surface area (Å²) >= 11 is 6.25. The fourth-order valence-corrected chi connectivity index (χ4v) is 3.38. The number of hydrogen-bond donors (Lipinski definition) is 1. The summed E-state index contributed by atoms with van der Waals surface area (Å²) in [4.78, 5) is 30.7. The lowest BCUT2D eigenvalue weighted by Gasteiger charge is -2.18. The highest BCUT2D eigenvalue weighted by Crippen LogP contribution is 2.31. The minimum Gasteiger partial charge on any atom is -0.320 e. The molecule has 1 fully saturated rings. The van der Waals surface area contributed by atoms with Gasteiger partial charge in [0.25, 0.3) is 5.91 Å². The molecule has 2 heterocycles. The predicted molar refractivity (Wildman–Crippen MR) is 103 cm³/mol. The lowest BCUT2D eigenvalue weighted by molar-refractivity contribution is -0.117. The molecule has 0 atom stereocenters. The smallest absolute Gasteiger partial charge is 0.255 e. The van der Waals surface area contributed by atoms with Crippen LogP contribution >= 0.6 is 11.6 Å². The van der Waals surface area contributed by atoms with Crippen LogP contribution in [0.5, 0.6) is 0 Å². The number of nitrogens with one attached hydrogen (secondary N) is 1. The van der Waals surface area contributed by atoms with Crippen molar-refractivity contribution in [2.24, 2.45) is 0 Å². The van der Waals surface area contributed by atoms with Crippen LogP contribution in [0.4, 0.5) is 11.4 Å². The van der Waals surface area contributed by atoms with Crippen molar-refractivity contribution < 1.29 is 9.59 Å². The molecule has 4 rings (SSSR count). The molecule has 26 heavy (non-hydrogen) atoms. The quantitative estimate of drug-likeness (QED) is 0.754. The fourth-order valence-electron chi connectivity index (χ4n) is 3.16. The zero-order valence-electron chi connectivity index (χ0n) is 13.9. The molecule has 0 spiro atoms. The Labute approximate surface area is 155 Å². The van der Waals surface area contributed by atoms with Crippen LogP contribution in [0.2, 0.25) is 5.02 Å². The van der Waals surface area contributed by atoms with Crippen molar-refractivity contribution in [1.82, 2.24) is 4.98 Å². The van der Waals surface area contributed by atoms with Crippen molar-refractivity contribution in [3.05, 3.63) is 65.3 Å². The molecule has 3 aromatic rings. The largest absolute Gasteiger partial charge is 0.320 e. The topological polar surface area (TPSA) is 62.3 Å². The second-order valence-electron chi connectivity index (χ2n) is 6.15. The maximum absolute atomic E-state index is 12.7. The van der Waals surface area contributed by atoms with Gasteiger partial charge < -0.3 is 10.2 Å². The average molecular weight is 366 g/mol. The van der Waals surface area contributed by atoms with Crippen LogP contribution in [-0.2, 0) is 4.79 Å². The first kappa shape index (κ1) is 16.5. The lowest BCUT2D eigenvalue weighted by Crippen LogP contribution is -2.24. The molecule has 1 aliphatic heterocycles. The fraction of sp³-hybridized carbons (Fsp3) is 0.150. The molecule has 1 aromatic heterocycles. The van der Waals surface area contributed by atoms with Crippen LogP contribution in [0.1, 0.15) is 23.2 Å². The van der Waals surface area contributed by atoms with Crippen molar-refractivity contribution in [3.63, 3.8) is 0 Å². The molecule has 2 aromatic carbocycles. The van der Waals surface area contributed by atoms with E-state index in [1.165, 1.54) is 0 Å². The van der Waals surface area contributed by atoms with Crippen LogP contribution in [0.25, 0.3) is 10.9 Å². The lowest BCUT2D eigenvalue weighted by atomic mass is 10.1. The Kier molecular flexibility index (Phi) is 4.31. The second kappa shape index (κ2) is 6.77. The third-order valence-corrected chi connectivity index (χ3v) is 4.77. The summed E-state index contributed by atoms with van der Waals surface area (Å²) in [5.74, 6) is -0.240. The number of rotatable bonds is 3. The molecule has 2 amide bonds. The van der Waals surface area contributed by atoms with Crippen molar-refractivity contribution in [3.8, 4) is 0 Å². The number of pyridine rings is 1. The highest BCUT2D eigenvalue weighted by atomic mass is 35.5. The Morgan fingerprint density at radius 3 is 2.81 bits per heavy atom. The van der Waals surface area contributed by atoms with Gasteiger partial charge in [-0.2, -0.15) is 0 Å². The molecule has 1 aliphatic rings. The van der Waals surface area contributed by atoms with Gasteiger partial charge in [-0.05, 0) is 36.8 Å². The molecule has 1 saturated heterocycles. The van der Waals surface area contributed by atoms with Gasteiger partial charge in [-0.15, -0.1) is 0 Å². The standard InChI is InChI=1S/C20H16ClN3O2/c21-15-9-8-14(12-17(15)24-11-3-7-18(24)25)20(26)23-16-6-1-4-13-5-2-10-22-19(13)16/h1-2,4-6,8-10,12H,3,7,11H2,(H,23,26). The molecule has 0 saturated carbocycles. The van der Waals surface area contributed by atoms with Gasteiger partial charge in [-0.1, -0.05) is 29.8 Å². The zero-order chi connectivity index (χ0) is 18.1. The van der Waals surface area contributed by atoms with E-state index in [0.29, 0.717) is 34.9 Å². The normalized spacial score (nSPS) is 14.0. The van der Waals surface area contributed by atoms with Crippen molar-refractivity contribution in [2.45, 2.75) is 12.8 Å². The molecule has 130 valence electrons. The van der Waals surface area contributed by atoms with Gasteiger partial charge in [-0.3, -0.25) is 14.6 Å². The molecule has 6 heteroatoms. The third kappa shape index (κ3) is 3.02. The second-order valence-corrected chi connectivity index (χ2v) is 6.56. The SMILES string of the molecule is O=C(Nc1cccc2cccnc12)c1ccc(Cl)c(N2CCCC2=O)c1. The first-order chi connectivity index (χ1) is 12.6. The molecule has 5 nitrogen and oxygen atoms in total. The van der Waals surface area contributed by atoms with Gasteiger partial charge in [0, 0.05) is 30.1 Å². The van der Waals surface area contributed by atoms with E-state index in [4.69, 9.17) is 11.6 Å². The van der Waals surface area contributed by atoms with E-state index >= 15 is 0 Å². The Morgan fingerprint density at radius 1 is 1.15 bits per heavy atom. The molecule has 1 N–H and O–H groups in total. The summed E-state index contributed by atoms with van der Waals surface area (Å²) in [6.45, 7) is 0.622. The minimum absolute atomic E-state index is 0.0303. The van der Waals surface area contributed by atoms with Crippen molar-refractivity contribution >= 4 is 45.7 Å². The van der Waals surface area contributed by atoms with Crippen LogP contribution < -0.4 is 10.2 Å². The van der Waals surface area contributed by atoms with Gasteiger partial charge in [0.05, 0.1) is 21.9 Å². The van der Waals surface area contributed by atoms with E-state index in [1.54, 1.807) is 29.3 Å². The van der Waals surface area contributed by atoms with E-state index in [1.807, 2.05) is 30.3 Å². The number of nitrogens with zero attached hydrogens (tertiary/aromatic N) is 2. The number of para-hydroxylation sites is 1. The van der Waals surface area contributed by atoms with Crippen molar-refractivity contribution in [2.75, 3.05) is 16.8 Å². The number of anilines is 2. The Hall–Kier alpha value is -2.92. The maximum atomic E-state index is 12.7. The van der Waals surface area contributed by atoms with Crippen LogP contribution in [-0.4, -0.2) is 23.3 Å². The molecule has 0 aliphatic carbocycles. The number of halogens is 1. The van der Waals surface area contributed by atoms with E-state index in [2.05, 4.69) is 10.3 Å². The monoisotopic (exact) mass is 365 g/mol. The zero-order valence-corrected chi connectivity index (χ0v) is 14.7. The van der Waals surface area contributed by atoms with Gasteiger partial charge in [0.15, 0.2) is 0 Å². The predicted octanol–water partition coefficient (Wildman–Crippen LogP) is 4.27. The Bertz CT molecular complexity index is 1010. The molecular formula is C20H16ClN3O2. The number of carbonyl (C=O) groups is 2. The molecule has 0 bridgehead atoms. The van der Waals surface area contributed by atoms with E-state index in [0.717, 1.165) is 17.3 Å². The summed E-state index contributed by atoms with van der Waals surface area (Å²) in [5, 5.41) is 4.31. The number of carbonyl (C=O) groups excluding carboxylic acids is 2. The summed E-state index contributed by atoms with van der Waals surface area (Å²) in [6.07, 6.45) is 3.00. The molecular weight excluding hydrogens is 350 g/mol. The number of amides is 2.